The minimum Gasteiger partial charge on any atom is -0.491 e. The van der Waals surface area contributed by atoms with Gasteiger partial charge in [-0.25, -0.2) is 19.3 Å². The maximum Gasteiger partial charge on any atom is 0.434 e. The quantitative estimate of drug-likeness (QED) is 0.202. The third-order valence-corrected chi connectivity index (χ3v) is 10.4. The van der Waals surface area contributed by atoms with E-state index in [1.165, 1.54) is 23.5 Å². The number of hydrogen-bond acceptors (Lipinski definition) is 9. The molecule has 9 rings (SSSR count). The number of para-hydroxylation sites is 1. The Labute approximate surface area is 271 Å². The Hall–Kier alpha value is -5.36. The number of H-pyrrole nitrogens is 1. The Morgan fingerprint density at radius 3 is 2.77 bits per heavy atom. The van der Waals surface area contributed by atoms with Crippen LogP contribution in [0.1, 0.15) is 57.8 Å². The molecule has 0 radical (unpaired) electrons. The molecule has 1 unspecified atom stereocenters. The predicted molar refractivity (Wildman–Crippen MR) is 174 cm³/mol. The molecular formula is C35H27FN6O4S. The highest BCUT2D eigenvalue weighted by atomic mass is 32.1. The number of fused-ring (bicyclic) bond motifs is 5. The van der Waals surface area contributed by atoms with Crippen LogP contribution in [0.4, 0.5) is 10.2 Å². The number of carbonyl (C=O) groups is 1. The number of rotatable bonds is 7. The number of amides is 1. The van der Waals surface area contributed by atoms with Gasteiger partial charge < -0.3 is 19.4 Å². The molecule has 6 aromatic rings. The number of ether oxygens (including phenoxy) is 1. The average Bonchev–Trinajstić information content (AvgIpc) is 3.92. The number of thiophene rings is 1. The predicted octanol–water partition coefficient (Wildman–Crippen LogP) is 6.46. The maximum absolute atomic E-state index is 14.1. The lowest BCUT2D eigenvalue weighted by Gasteiger charge is -2.16. The summed E-state index contributed by atoms with van der Waals surface area (Å²) in [5, 5.41) is 11.2. The summed E-state index contributed by atoms with van der Waals surface area (Å²) >= 11 is 1.51. The summed E-state index contributed by atoms with van der Waals surface area (Å²) in [6.45, 7) is 1.14. The van der Waals surface area contributed by atoms with Gasteiger partial charge in [-0.3, -0.25) is 9.78 Å². The van der Waals surface area contributed by atoms with Crippen molar-refractivity contribution in [3.05, 3.63) is 111 Å². The van der Waals surface area contributed by atoms with Crippen molar-refractivity contribution in [2.45, 2.75) is 37.8 Å². The van der Waals surface area contributed by atoms with Crippen molar-refractivity contribution in [2.24, 2.45) is 0 Å². The SMILES string of the molecule is O=C1c2c(nc(CCc3ccc(F)cc3)c(-c3n[nH]c(=O)o3)c2-c2cc3ccnc(N[C@H]4COc5ccccc54)c3s2)C2CCCN12. The van der Waals surface area contributed by atoms with E-state index in [0.29, 0.717) is 54.2 Å². The van der Waals surface area contributed by atoms with Gasteiger partial charge in [-0.05, 0) is 67.0 Å². The van der Waals surface area contributed by atoms with Crippen molar-refractivity contribution in [1.82, 2.24) is 25.1 Å². The zero-order valence-electron chi connectivity index (χ0n) is 25.0. The second kappa shape index (κ2) is 10.9. The first-order chi connectivity index (χ1) is 23.0. The highest BCUT2D eigenvalue weighted by Gasteiger charge is 2.45. The fourth-order valence-corrected chi connectivity index (χ4v) is 8.26. The standard InChI is InChI=1S/C35H27FN6O4S/c36-20-10-7-18(8-11-20)9-12-22-27(33-40-41-35(44)46-33)28(29-30(38-22)24-5-3-15-42(24)34(29)43)26-16-19-13-14-37-32(31(19)47-26)39-23-17-45-25-6-2-1-4-21(23)25/h1-2,4,6-8,10-11,13-14,16,23-24H,3,5,9,12,15,17H2,(H,37,39)(H,41,44)/t23-,24?/m0/s1. The monoisotopic (exact) mass is 646 g/mol. The Morgan fingerprint density at radius 2 is 1.91 bits per heavy atom. The van der Waals surface area contributed by atoms with Crippen LogP contribution in [0.3, 0.4) is 0 Å². The molecule has 2 atom stereocenters. The van der Waals surface area contributed by atoms with E-state index in [1.54, 1.807) is 18.3 Å². The van der Waals surface area contributed by atoms with Crippen LogP contribution in [0, 0.1) is 5.82 Å². The number of hydrogen-bond donors (Lipinski definition) is 2. The van der Waals surface area contributed by atoms with Crippen LogP contribution in [-0.4, -0.2) is 44.1 Å². The Morgan fingerprint density at radius 1 is 1.04 bits per heavy atom. The number of aromatic amines is 1. The lowest BCUT2D eigenvalue weighted by atomic mass is 9.93. The lowest BCUT2D eigenvalue weighted by Crippen LogP contribution is -2.22. The van der Waals surface area contributed by atoms with E-state index in [1.807, 2.05) is 29.2 Å². The molecule has 7 heterocycles. The Bertz CT molecular complexity index is 2260. The third kappa shape index (κ3) is 4.62. The van der Waals surface area contributed by atoms with E-state index in [-0.39, 0.29) is 29.7 Å². The van der Waals surface area contributed by atoms with Crippen LogP contribution in [-0.2, 0) is 12.8 Å². The Balaban J connectivity index is 1.22. The van der Waals surface area contributed by atoms with Gasteiger partial charge in [0, 0.05) is 28.7 Å². The number of halogens is 1. The number of aryl methyl sites for hydroxylation is 2. The van der Waals surface area contributed by atoms with Crippen molar-refractivity contribution >= 4 is 33.1 Å². The molecule has 2 N–H and O–H groups in total. The maximum atomic E-state index is 14.1. The summed E-state index contributed by atoms with van der Waals surface area (Å²) in [6.07, 6.45) is 4.52. The second-order valence-corrected chi connectivity index (χ2v) is 13.1. The molecule has 0 saturated carbocycles. The Kier molecular flexibility index (Phi) is 6.46. The fraction of sp³-hybridized carbons (Fsp3) is 0.229. The summed E-state index contributed by atoms with van der Waals surface area (Å²) in [5.74, 6) is 0.558. The minimum atomic E-state index is -0.700. The van der Waals surface area contributed by atoms with Crippen molar-refractivity contribution in [2.75, 3.05) is 18.5 Å². The van der Waals surface area contributed by atoms with Crippen molar-refractivity contribution in [3.8, 4) is 27.6 Å². The van der Waals surface area contributed by atoms with Gasteiger partial charge in [-0.15, -0.1) is 16.4 Å². The van der Waals surface area contributed by atoms with Crippen molar-refractivity contribution in [1.29, 1.82) is 0 Å². The summed E-state index contributed by atoms with van der Waals surface area (Å²) in [6, 6.07) is 18.2. The van der Waals surface area contributed by atoms with E-state index >= 15 is 0 Å². The van der Waals surface area contributed by atoms with Gasteiger partial charge in [-0.1, -0.05) is 30.3 Å². The van der Waals surface area contributed by atoms with E-state index in [2.05, 4.69) is 27.6 Å². The first-order valence-corrected chi connectivity index (χ1v) is 16.4. The van der Waals surface area contributed by atoms with Crippen LogP contribution in [0.15, 0.2) is 76.1 Å². The number of anilines is 1. The molecule has 234 valence electrons. The van der Waals surface area contributed by atoms with E-state index in [0.717, 1.165) is 50.4 Å². The topological polar surface area (TPSA) is 126 Å². The molecule has 0 aliphatic carbocycles. The van der Waals surface area contributed by atoms with E-state index < -0.39 is 5.76 Å². The lowest BCUT2D eigenvalue weighted by molar-refractivity contribution is 0.0776. The summed E-state index contributed by atoms with van der Waals surface area (Å²) < 4.78 is 26.1. The number of aromatic nitrogens is 4. The number of nitrogens with one attached hydrogen (secondary N) is 2. The molecule has 3 aliphatic rings. The second-order valence-electron chi connectivity index (χ2n) is 12.0. The van der Waals surface area contributed by atoms with Gasteiger partial charge in [0.25, 0.3) is 11.8 Å². The van der Waals surface area contributed by atoms with Gasteiger partial charge >= 0.3 is 5.76 Å². The summed E-state index contributed by atoms with van der Waals surface area (Å²) in [4.78, 5) is 38.9. The fourth-order valence-electron chi connectivity index (χ4n) is 7.10. The minimum absolute atomic E-state index is 0.0688. The molecule has 4 aromatic heterocycles. The van der Waals surface area contributed by atoms with Crippen LogP contribution in [0.25, 0.3) is 32.0 Å². The van der Waals surface area contributed by atoms with Gasteiger partial charge in [0.2, 0.25) is 0 Å². The smallest absolute Gasteiger partial charge is 0.434 e. The molecule has 47 heavy (non-hydrogen) atoms. The number of carbonyl (C=O) groups excluding carboxylic acids is 1. The van der Waals surface area contributed by atoms with Crippen molar-refractivity contribution in [3.63, 3.8) is 0 Å². The average molecular weight is 647 g/mol. The number of pyridine rings is 2. The first-order valence-electron chi connectivity index (χ1n) is 15.6. The highest BCUT2D eigenvalue weighted by molar-refractivity contribution is 7.23. The number of nitrogens with zero attached hydrogens (tertiary/aromatic N) is 4. The molecule has 3 aliphatic heterocycles. The zero-order valence-corrected chi connectivity index (χ0v) is 25.8. The van der Waals surface area contributed by atoms with Crippen LogP contribution >= 0.6 is 11.3 Å². The summed E-state index contributed by atoms with van der Waals surface area (Å²) in [5.41, 5.74) is 5.09. The molecule has 1 amide bonds. The molecule has 0 bridgehead atoms. The molecular weight excluding hydrogens is 619 g/mol. The largest absolute Gasteiger partial charge is 0.491 e. The van der Waals surface area contributed by atoms with Gasteiger partial charge in [0.1, 0.15) is 24.0 Å². The van der Waals surface area contributed by atoms with Gasteiger partial charge in [-0.2, -0.15) is 0 Å². The highest BCUT2D eigenvalue weighted by Crippen LogP contribution is 2.50. The first kappa shape index (κ1) is 27.9. The van der Waals surface area contributed by atoms with E-state index in [4.69, 9.17) is 19.1 Å². The van der Waals surface area contributed by atoms with Gasteiger partial charge in [0.15, 0.2) is 0 Å². The molecule has 2 aromatic carbocycles. The zero-order chi connectivity index (χ0) is 31.6. The van der Waals surface area contributed by atoms with Gasteiger partial charge in [0.05, 0.1) is 39.3 Å². The normalized spacial score (nSPS) is 18.0. The van der Waals surface area contributed by atoms with Crippen LogP contribution in [0.2, 0.25) is 0 Å². The molecule has 0 spiro atoms. The molecule has 1 saturated heterocycles. The number of benzene rings is 2. The van der Waals surface area contributed by atoms with E-state index in [9.17, 15) is 14.0 Å². The molecule has 1 fully saturated rings. The molecule has 10 nitrogen and oxygen atoms in total. The van der Waals surface area contributed by atoms with Crippen LogP contribution < -0.4 is 15.8 Å². The van der Waals surface area contributed by atoms with Crippen LogP contribution in [0.5, 0.6) is 5.75 Å². The molecule has 12 heteroatoms. The third-order valence-electron chi connectivity index (χ3n) is 9.25. The van der Waals surface area contributed by atoms with Crippen molar-refractivity contribution < 1.29 is 18.3 Å². The summed E-state index contributed by atoms with van der Waals surface area (Å²) in [7, 11) is 0.